The van der Waals surface area contributed by atoms with Gasteiger partial charge in [-0.15, -0.1) is 0 Å². The molecule has 1 heterocycles. The molecule has 0 aliphatic carbocycles. The molecule has 0 unspecified atom stereocenters. The van der Waals surface area contributed by atoms with Crippen LogP contribution >= 0.6 is 0 Å². The lowest BCUT2D eigenvalue weighted by Crippen LogP contribution is -2.32. The highest BCUT2D eigenvalue weighted by molar-refractivity contribution is 8.06. The Balaban J connectivity index is 2.70. The largest absolute Gasteiger partial charge is 0.433 e. The first-order valence-corrected chi connectivity index (χ1v) is 5.47. The third kappa shape index (κ3) is 2.67. The van der Waals surface area contributed by atoms with Crippen LogP contribution < -0.4 is 5.32 Å². The molecule has 1 N–H and O–H groups in total. The highest BCUT2D eigenvalue weighted by Gasteiger charge is 2.25. The van der Waals surface area contributed by atoms with Crippen molar-refractivity contribution in [2.75, 3.05) is 26.0 Å². The van der Waals surface area contributed by atoms with Gasteiger partial charge >= 0.3 is 6.09 Å². The molecule has 0 bridgehead atoms. The molecule has 1 aliphatic rings. The molecule has 80 valence electrons. The third-order valence-electron chi connectivity index (χ3n) is 1.52. The Kier molecular flexibility index (Phi) is 3.42. The number of ether oxygens (including phenoxy) is 1. The fraction of sp³-hybridized carbons (Fsp3) is 0.667. The first kappa shape index (κ1) is 10.9. The standard InChI is InChI=1S/C6H10N2O5S/c1-7-6(9)13-8-5-4-12-2-3-14(5,10)11/h2-4H2,1H3,(H,7,9). The van der Waals surface area contributed by atoms with Crippen molar-refractivity contribution in [2.24, 2.45) is 5.16 Å². The van der Waals surface area contributed by atoms with Crippen LogP contribution in [0.2, 0.25) is 0 Å². The molecule has 0 aromatic rings. The number of oxime groups is 1. The second kappa shape index (κ2) is 4.38. The van der Waals surface area contributed by atoms with E-state index in [0.29, 0.717) is 0 Å². The van der Waals surface area contributed by atoms with E-state index in [1.54, 1.807) is 0 Å². The minimum absolute atomic E-state index is 0.136. The average molecular weight is 222 g/mol. The lowest BCUT2D eigenvalue weighted by atomic mass is 10.7. The molecule has 0 aromatic carbocycles. The maximum Gasteiger partial charge on any atom is 0.433 e. The number of nitrogens with zero attached hydrogens (tertiary/aromatic N) is 1. The zero-order chi connectivity index (χ0) is 10.6. The quantitative estimate of drug-likeness (QED) is 0.458. The fourth-order valence-corrected chi connectivity index (χ4v) is 1.74. The number of nitrogens with one attached hydrogen (secondary N) is 1. The van der Waals surface area contributed by atoms with E-state index in [2.05, 4.69) is 15.3 Å². The van der Waals surface area contributed by atoms with Gasteiger partial charge in [-0.25, -0.2) is 13.2 Å². The van der Waals surface area contributed by atoms with Gasteiger partial charge in [-0.3, -0.25) is 4.84 Å². The van der Waals surface area contributed by atoms with Crippen molar-refractivity contribution in [1.29, 1.82) is 0 Å². The van der Waals surface area contributed by atoms with Crippen LogP contribution in [-0.4, -0.2) is 45.6 Å². The molecule has 0 radical (unpaired) electrons. The molecule has 1 fully saturated rings. The van der Waals surface area contributed by atoms with Crippen LogP contribution in [-0.2, 0) is 19.4 Å². The molecule has 0 spiro atoms. The van der Waals surface area contributed by atoms with Crippen LogP contribution in [0.5, 0.6) is 0 Å². The van der Waals surface area contributed by atoms with Crippen molar-refractivity contribution in [1.82, 2.24) is 5.32 Å². The molecular formula is C6H10N2O5S. The van der Waals surface area contributed by atoms with E-state index in [4.69, 9.17) is 4.74 Å². The summed E-state index contributed by atoms with van der Waals surface area (Å²) in [6.45, 7) is -0.0132. The van der Waals surface area contributed by atoms with Crippen LogP contribution in [0, 0.1) is 0 Å². The van der Waals surface area contributed by atoms with Crippen LogP contribution in [0.15, 0.2) is 5.16 Å². The van der Waals surface area contributed by atoms with Gasteiger partial charge in [0.05, 0.1) is 12.4 Å². The predicted molar refractivity (Wildman–Crippen MR) is 47.6 cm³/mol. The molecule has 1 aliphatic heterocycles. The van der Waals surface area contributed by atoms with E-state index in [-0.39, 0.29) is 24.0 Å². The first-order valence-electron chi connectivity index (χ1n) is 3.82. The summed E-state index contributed by atoms with van der Waals surface area (Å²) in [6, 6.07) is 0. The second-order valence-electron chi connectivity index (χ2n) is 2.49. The lowest BCUT2D eigenvalue weighted by Gasteiger charge is -2.12. The maximum atomic E-state index is 11.3. The summed E-state index contributed by atoms with van der Waals surface area (Å²) < 4.78 is 27.4. The summed E-state index contributed by atoms with van der Waals surface area (Å²) >= 11 is 0. The fourth-order valence-electron chi connectivity index (χ4n) is 0.757. The number of carbonyl (C=O) groups excluding carboxylic acids is 1. The van der Waals surface area contributed by atoms with Crippen molar-refractivity contribution in [3.8, 4) is 0 Å². The van der Waals surface area contributed by atoms with Gasteiger partial charge in [0, 0.05) is 7.05 Å². The molecule has 0 saturated carbocycles. The minimum atomic E-state index is -3.41. The monoisotopic (exact) mass is 222 g/mol. The normalized spacial score (nSPS) is 23.1. The molecule has 1 amide bonds. The Morgan fingerprint density at radius 2 is 2.36 bits per heavy atom. The second-order valence-corrected chi connectivity index (χ2v) is 4.59. The van der Waals surface area contributed by atoms with E-state index in [1.165, 1.54) is 7.05 Å². The average Bonchev–Trinajstić information content (AvgIpc) is 2.15. The van der Waals surface area contributed by atoms with E-state index >= 15 is 0 Å². The number of hydrogen-bond acceptors (Lipinski definition) is 6. The molecule has 8 heteroatoms. The number of hydrogen-bond donors (Lipinski definition) is 1. The molecule has 0 aromatic heterocycles. The van der Waals surface area contributed by atoms with Gasteiger partial charge in [0.25, 0.3) is 0 Å². The molecule has 0 atom stereocenters. The lowest BCUT2D eigenvalue weighted by molar-refractivity contribution is 0.148. The summed E-state index contributed by atoms with van der Waals surface area (Å²) in [7, 11) is -2.07. The van der Waals surface area contributed by atoms with E-state index in [9.17, 15) is 13.2 Å². The summed E-state index contributed by atoms with van der Waals surface area (Å²) in [5, 5.41) is 5.07. The van der Waals surface area contributed by atoms with Crippen molar-refractivity contribution < 1.29 is 22.8 Å². The molecular weight excluding hydrogens is 212 g/mol. The van der Waals surface area contributed by atoms with Gasteiger partial charge in [0.2, 0.25) is 0 Å². The zero-order valence-electron chi connectivity index (χ0n) is 7.52. The van der Waals surface area contributed by atoms with Crippen LogP contribution in [0.25, 0.3) is 0 Å². The Hall–Kier alpha value is -1.15. The topological polar surface area (TPSA) is 94.1 Å². The number of carbonyl (C=O) groups is 1. The number of amides is 1. The Bertz CT molecular complexity index is 347. The van der Waals surface area contributed by atoms with Gasteiger partial charge in [-0.1, -0.05) is 5.16 Å². The zero-order valence-corrected chi connectivity index (χ0v) is 8.33. The van der Waals surface area contributed by atoms with Gasteiger partial charge in [0.15, 0.2) is 14.9 Å². The van der Waals surface area contributed by atoms with Crippen molar-refractivity contribution in [3.05, 3.63) is 0 Å². The molecule has 1 saturated heterocycles. The van der Waals surface area contributed by atoms with Gasteiger partial charge in [0.1, 0.15) is 6.61 Å². The Labute approximate surface area is 81.0 Å². The van der Waals surface area contributed by atoms with Crippen LogP contribution in [0.3, 0.4) is 0 Å². The van der Waals surface area contributed by atoms with E-state index in [0.717, 1.165) is 0 Å². The van der Waals surface area contributed by atoms with E-state index < -0.39 is 15.9 Å². The van der Waals surface area contributed by atoms with Gasteiger partial charge < -0.3 is 10.1 Å². The predicted octanol–water partition coefficient (Wildman–Crippen LogP) is -0.899. The minimum Gasteiger partial charge on any atom is -0.373 e. The summed E-state index contributed by atoms with van der Waals surface area (Å²) in [4.78, 5) is 14.8. The number of rotatable bonds is 1. The number of sulfone groups is 1. The summed E-state index contributed by atoms with van der Waals surface area (Å²) in [6.07, 6.45) is -0.821. The first-order chi connectivity index (χ1) is 6.56. The molecule has 7 nitrogen and oxygen atoms in total. The van der Waals surface area contributed by atoms with Crippen molar-refractivity contribution in [2.45, 2.75) is 0 Å². The molecule has 1 rings (SSSR count). The van der Waals surface area contributed by atoms with Crippen molar-refractivity contribution in [3.63, 3.8) is 0 Å². The summed E-state index contributed by atoms with van der Waals surface area (Å²) in [5.74, 6) is -0.136. The van der Waals surface area contributed by atoms with Crippen LogP contribution in [0.4, 0.5) is 4.79 Å². The van der Waals surface area contributed by atoms with Gasteiger partial charge in [-0.05, 0) is 0 Å². The SMILES string of the molecule is CNC(=O)ON=C1COCCS1(=O)=O. The van der Waals surface area contributed by atoms with Gasteiger partial charge in [-0.2, -0.15) is 0 Å². The van der Waals surface area contributed by atoms with Crippen molar-refractivity contribution >= 4 is 21.0 Å². The van der Waals surface area contributed by atoms with Crippen LogP contribution in [0.1, 0.15) is 0 Å². The Morgan fingerprint density at radius 3 is 2.93 bits per heavy atom. The smallest absolute Gasteiger partial charge is 0.373 e. The molecule has 14 heavy (non-hydrogen) atoms. The highest BCUT2D eigenvalue weighted by atomic mass is 32.2. The maximum absolute atomic E-state index is 11.3. The highest BCUT2D eigenvalue weighted by Crippen LogP contribution is 2.03. The summed E-state index contributed by atoms with van der Waals surface area (Å²) in [5.41, 5.74) is 0. The van der Waals surface area contributed by atoms with E-state index in [1.807, 2.05) is 0 Å². The third-order valence-corrected chi connectivity index (χ3v) is 3.13. The Morgan fingerprint density at radius 1 is 1.64 bits per heavy atom.